The van der Waals surface area contributed by atoms with Gasteiger partial charge in [0.05, 0.1) is 6.61 Å². The molecule has 5 heteroatoms. The molecule has 1 amide bonds. The lowest BCUT2D eigenvalue weighted by atomic mass is 9.89. The maximum atomic E-state index is 12.0. The van der Waals surface area contributed by atoms with E-state index in [1.165, 1.54) is 12.8 Å². The van der Waals surface area contributed by atoms with E-state index in [-0.39, 0.29) is 18.3 Å². The van der Waals surface area contributed by atoms with Crippen molar-refractivity contribution in [1.82, 2.24) is 4.90 Å². The minimum absolute atomic E-state index is 0. The predicted molar refractivity (Wildman–Crippen MR) is 75.9 cm³/mol. The number of nitrogens with two attached hydrogens (primary N) is 1. The molecule has 18 heavy (non-hydrogen) atoms. The maximum Gasteiger partial charge on any atom is 0.241 e. The molecule has 1 aliphatic heterocycles. The SMILES string of the molecule is COCC(N)C(=O)N1CCCC(CC(C)C)C1.Cl. The molecular weight excluding hydrogens is 252 g/mol. The second-order valence-electron chi connectivity index (χ2n) is 5.48. The third kappa shape index (κ3) is 5.55. The van der Waals surface area contributed by atoms with Crippen LogP contribution in [0.25, 0.3) is 0 Å². The molecule has 0 saturated carbocycles. The van der Waals surface area contributed by atoms with Crippen molar-refractivity contribution < 1.29 is 9.53 Å². The molecule has 1 fully saturated rings. The number of hydrogen-bond acceptors (Lipinski definition) is 3. The Morgan fingerprint density at radius 2 is 2.17 bits per heavy atom. The fourth-order valence-electron chi connectivity index (χ4n) is 2.61. The fraction of sp³-hybridized carbons (Fsp3) is 0.923. The van der Waals surface area contributed by atoms with Crippen LogP contribution in [-0.4, -0.2) is 43.7 Å². The van der Waals surface area contributed by atoms with E-state index in [2.05, 4.69) is 13.8 Å². The van der Waals surface area contributed by atoms with Gasteiger partial charge in [-0.15, -0.1) is 12.4 Å². The molecule has 0 bridgehead atoms. The first-order valence-corrected chi connectivity index (χ1v) is 6.58. The van der Waals surface area contributed by atoms with Crippen LogP contribution in [0.4, 0.5) is 0 Å². The summed E-state index contributed by atoms with van der Waals surface area (Å²) < 4.78 is 4.93. The Bertz CT molecular complexity index is 249. The minimum atomic E-state index is -0.502. The fourth-order valence-corrected chi connectivity index (χ4v) is 2.61. The zero-order chi connectivity index (χ0) is 12.8. The molecule has 0 aromatic rings. The summed E-state index contributed by atoms with van der Waals surface area (Å²) >= 11 is 0. The summed E-state index contributed by atoms with van der Waals surface area (Å²) in [4.78, 5) is 14.0. The third-order valence-electron chi connectivity index (χ3n) is 3.30. The van der Waals surface area contributed by atoms with Gasteiger partial charge < -0.3 is 15.4 Å². The third-order valence-corrected chi connectivity index (χ3v) is 3.30. The summed E-state index contributed by atoms with van der Waals surface area (Å²) in [5, 5.41) is 0. The van der Waals surface area contributed by atoms with Gasteiger partial charge in [-0.2, -0.15) is 0 Å². The van der Waals surface area contributed by atoms with E-state index in [1.807, 2.05) is 4.90 Å². The molecule has 1 saturated heterocycles. The molecular formula is C13H27ClN2O2. The first kappa shape index (κ1) is 17.7. The van der Waals surface area contributed by atoms with E-state index in [4.69, 9.17) is 10.5 Å². The maximum absolute atomic E-state index is 12.0. The smallest absolute Gasteiger partial charge is 0.241 e. The van der Waals surface area contributed by atoms with Gasteiger partial charge in [0.15, 0.2) is 0 Å². The van der Waals surface area contributed by atoms with Crippen molar-refractivity contribution in [3.63, 3.8) is 0 Å². The number of hydrogen-bond donors (Lipinski definition) is 1. The lowest BCUT2D eigenvalue weighted by Crippen LogP contribution is -2.49. The summed E-state index contributed by atoms with van der Waals surface area (Å²) in [5.74, 6) is 1.38. The van der Waals surface area contributed by atoms with Gasteiger partial charge in [-0.3, -0.25) is 4.79 Å². The normalized spacial score (nSPS) is 21.6. The Morgan fingerprint density at radius 3 is 2.72 bits per heavy atom. The monoisotopic (exact) mass is 278 g/mol. The Kier molecular flexibility index (Phi) is 8.57. The van der Waals surface area contributed by atoms with Crippen molar-refractivity contribution in [3.05, 3.63) is 0 Å². The van der Waals surface area contributed by atoms with E-state index in [0.717, 1.165) is 19.5 Å². The Labute approximate surface area is 117 Å². The van der Waals surface area contributed by atoms with Gasteiger partial charge in [-0.25, -0.2) is 0 Å². The van der Waals surface area contributed by atoms with Crippen LogP contribution in [0.3, 0.4) is 0 Å². The van der Waals surface area contributed by atoms with Crippen LogP contribution in [-0.2, 0) is 9.53 Å². The molecule has 108 valence electrons. The van der Waals surface area contributed by atoms with Crippen LogP contribution in [0.15, 0.2) is 0 Å². The second kappa shape index (κ2) is 8.73. The molecule has 0 radical (unpaired) electrons. The van der Waals surface area contributed by atoms with E-state index >= 15 is 0 Å². The van der Waals surface area contributed by atoms with Crippen molar-refractivity contribution in [3.8, 4) is 0 Å². The lowest BCUT2D eigenvalue weighted by Gasteiger charge is -2.34. The molecule has 2 atom stereocenters. The van der Waals surface area contributed by atoms with Gasteiger partial charge in [0, 0.05) is 20.2 Å². The second-order valence-corrected chi connectivity index (χ2v) is 5.48. The van der Waals surface area contributed by atoms with Gasteiger partial charge >= 0.3 is 0 Å². The van der Waals surface area contributed by atoms with Crippen LogP contribution in [0.1, 0.15) is 33.1 Å². The topological polar surface area (TPSA) is 55.6 Å². The van der Waals surface area contributed by atoms with Crippen molar-refractivity contribution in [2.24, 2.45) is 17.6 Å². The molecule has 4 nitrogen and oxygen atoms in total. The van der Waals surface area contributed by atoms with Gasteiger partial charge in [-0.1, -0.05) is 13.8 Å². The zero-order valence-electron chi connectivity index (χ0n) is 11.7. The first-order chi connectivity index (χ1) is 8.04. The average molecular weight is 279 g/mol. The number of likely N-dealkylation sites (tertiary alicyclic amines) is 1. The number of carbonyl (C=O) groups is 1. The number of amides is 1. The molecule has 0 spiro atoms. The highest BCUT2D eigenvalue weighted by Crippen LogP contribution is 2.23. The molecule has 1 heterocycles. The highest BCUT2D eigenvalue weighted by Gasteiger charge is 2.27. The Morgan fingerprint density at radius 1 is 1.50 bits per heavy atom. The number of piperidine rings is 1. The quantitative estimate of drug-likeness (QED) is 0.832. The summed E-state index contributed by atoms with van der Waals surface area (Å²) in [6, 6.07) is -0.502. The zero-order valence-corrected chi connectivity index (χ0v) is 12.5. The Hall–Kier alpha value is -0.320. The highest BCUT2D eigenvalue weighted by atomic mass is 35.5. The molecule has 1 rings (SSSR count). The molecule has 2 N–H and O–H groups in total. The Balaban J connectivity index is 0.00000289. The number of methoxy groups -OCH3 is 1. The standard InChI is InChI=1S/C13H26N2O2.ClH/c1-10(2)7-11-5-4-6-15(8-11)13(16)12(14)9-17-3;/h10-12H,4-9,14H2,1-3H3;1H. The molecule has 0 aromatic heterocycles. The van der Waals surface area contributed by atoms with Gasteiger partial charge in [0.2, 0.25) is 5.91 Å². The van der Waals surface area contributed by atoms with Crippen LogP contribution in [0, 0.1) is 11.8 Å². The summed E-state index contributed by atoms with van der Waals surface area (Å²) in [7, 11) is 1.57. The van der Waals surface area contributed by atoms with Crippen molar-refractivity contribution in [2.45, 2.75) is 39.2 Å². The van der Waals surface area contributed by atoms with Crippen molar-refractivity contribution in [2.75, 3.05) is 26.8 Å². The highest BCUT2D eigenvalue weighted by molar-refractivity contribution is 5.85. The number of halogens is 1. The number of nitrogens with zero attached hydrogens (tertiary/aromatic N) is 1. The van der Waals surface area contributed by atoms with Gasteiger partial charge in [0.1, 0.15) is 6.04 Å². The van der Waals surface area contributed by atoms with Gasteiger partial charge in [-0.05, 0) is 31.1 Å². The molecule has 1 aliphatic rings. The first-order valence-electron chi connectivity index (χ1n) is 6.58. The summed E-state index contributed by atoms with van der Waals surface area (Å²) in [6.07, 6.45) is 3.54. The van der Waals surface area contributed by atoms with E-state index in [9.17, 15) is 4.79 Å². The van der Waals surface area contributed by atoms with Crippen LogP contribution >= 0.6 is 12.4 Å². The van der Waals surface area contributed by atoms with Crippen LogP contribution in [0.2, 0.25) is 0 Å². The van der Waals surface area contributed by atoms with Gasteiger partial charge in [0.25, 0.3) is 0 Å². The van der Waals surface area contributed by atoms with Crippen LogP contribution < -0.4 is 5.73 Å². The van der Waals surface area contributed by atoms with E-state index in [0.29, 0.717) is 18.4 Å². The van der Waals surface area contributed by atoms with E-state index in [1.54, 1.807) is 7.11 Å². The molecule has 0 aliphatic carbocycles. The van der Waals surface area contributed by atoms with Crippen molar-refractivity contribution in [1.29, 1.82) is 0 Å². The summed E-state index contributed by atoms with van der Waals surface area (Å²) in [5.41, 5.74) is 5.79. The van der Waals surface area contributed by atoms with Crippen molar-refractivity contribution >= 4 is 18.3 Å². The molecule has 2 unspecified atom stereocenters. The number of rotatable bonds is 5. The lowest BCUT2D eigenvalue weighted by molar-refractivity contribution is -0.135. The largest absolute Gasteiger partial charge is 0.383 e. The minimum Gasteiger partial charge on any atom is -0.383 e. The summed E-state index contributed by atoms with van der Waals surface area (Å²) in [6.45, 7) is 6.50. The predicted octanol–water partition coefficient (Wildman–Crippen LogP) is 1.67. The van der Waals surface area contributed by atoms with E-state index < -0.39 is 6.04 Å². The number of carbonyl (C=O) groups excluding carboxylic acids is 1. The van der Waals surface area contributed by atoms with Crippen LogP contribution in [0.5, 0.6) is 0 Å². The average Bonchev–Trinajstić information content (AvgIpc) is 2.28. The molecule has 0 aromatic carbocycles. The number of ether oxygens (including phenoxy) is 1.